The van der Waals surface area contributed by atoms with Crippen LogP contribution in [0, 0.1) is 17.6 Å². The molecule has 0 aliphatic carbocycles. The van der Waals surface area contributed by atoms with Crippen LogP contribution >= 0.6 is 0 Å². The molecule has 3 nitrogen and oxygen atoms in total. The summed E-state index contributed by atoms with van der Waals surface area (Å²) in [4.78, 5) is 4.08. The van der Waals surface area contributed by atoms with Gasteiger partial charge >= 0.3 is 0 Å². The summed E-state index contributed by atoms with van der Waals surface area (Å²) >= 11 is 0. The SMILES string of the molecule is CC(C)CC(C)n1c(N)nc2ccc(F)c(F)c21. The van der Waals surface area contributed by atoms with E-state index < -0.39 is 11.6 Å². The van der Waals surface area contributed by atoms with Gasteiger partial charge in [-0.05, 0) is 31.4 Å². The Balaban J connectivity index is 2.62. The maximum absolute atomic E-state index is 13.9. The number of imidazole rings is 1. The maximum atomic E-state index is 13.9. The van der Waals surface area contributed by atoms with E-state index in [2.05, 4.69) is 18.8 Å². The smallest absolute Gasteiger partial charge is 0.201 e. The Morgan fingerprint density at radius 3 is 2.56 bits per heavy atom. The summed E-state index contributed by atoms with van der Waals surface area (Å²) in [5, 5.41) is 0. The second kappa shape index (κ2) is 4.55. The van der Waals surface area contributed by atoms with Crippen LogP contribution in [-0.2, 0) is 0 Å². The molecule has 98 valence electrons. The van der Waals surface area contributed by atoms with Crippen molar-refractivity contribution in [2.75, 3.05) is 5.73 Å². The third kappa shape index (κ3) is 2.05. The van der Waals surface area contributed by atoms with Gasteiger partial charge in [0.2, 0.25) is 5.95 Å². The van der Waals surface area contributed by atoms with Crippen LogP contribution in [0.2, 0.25) is 0 Å². The fraction of sp³-hybridized carbons (Fsp3) is 0.462. The maximum Gasteiger partial charge on any atom is 0.201 e. The first kappa shape index (κ1) is 12.8. The third-order valence-electron chi connectivity index (χ3n) is 3.02. The van der Waals surface area contributed by atoms with Crippen molar-refractivity contribution < 1.29 is 8.78 Å². The molecule has 1 aromatic heterocycles. The molecule has 0 fully saturated rings. The number of nitrogens with two attached hydrogens (primary N) is 1. The second-order valence-corrected chi connectivity index (χ2v) is 5.05. The van der Waals surface area contributed by atoms with Gasteiger partial charge in [0, 0.05) is 6.04 Å². The van der Waals surface area contributed by atoms with Gasteiger partial charge < -0.3 is 10.3 Å². The van der Waals surface area contributed by atoms with Crippen LogP contribution in [0.3, 0.4) is 0 Å². The fourth-order valence-electron chi connectivity index (χ4n) is 2.37. The number of anilines is 1. The van der Waals surface area contributed by atoms with Crippen molar-refractivity contribution in [1.29, 1.82) is 0 Å². The molecule has 1 aromatic carbocycles. The molecule has 1 heterocycles. The van der Waals surface area contributed by atoms with E-state index in [0.29, 0.717) is 11.4 Å². The number of hydrogen-bond donors (Lipinski definition) is 1. The van der Waals surface area contributed by atoms with Gasteiger partial charge in [-0.3, -0.25) is 0 Å². The molecule has 2 aromatic rings. The Morgan fingerprint density at radius 2 is 1.94 bits per heavy atom. The number of halogens is 2. The number of hydrogen-bond acceptors (Lipinski definition) is 2. The largest absolute Gasteiger partial charge is 0.369 e. The molecule has 0 amide bonds. The van der Waals surface area contributed by atoms with E-state index in [0.717, 1.165) is 12.5 Å². The number of rotatable bonds is 3. The van der Waals surface area contributed by atoms with Crippen molar-refractivity contribution in [3.63, 3.8) is 0 Å². The van der Waals surface area contributed by atoms with Crippen LogP contribution < -0.4 is 5.73 Å². The lowest BCUT2D eigenvalue weighted by atomic mass is 10.0. The summed E-state index contributed by atoms with van der Waals surface area (Å²) < 4.78 is 28.8. The summed E-state index contributed by atoms with van der Waals surface area (Å²) in [5.74, 6) is -1.09. The summed E-state index contributed by atoms with van der Waals surface area (Å²) in [5.41, 5.74) is 6.36. The standard InChI is InChI=1S/C13H17F2N3/c1-7(2)6-8(3)18-12-10(17-13(18)16)5-4-9(14)11(12)15/h4-5,7-8H,6H2,1-3H3,(H2,16,17). The molecule has 2 N–H and O–H groups in total. The second-order valence-electron chi connectivity index (χ2n) is 5.05. The normalized spacial score (nSPS) is 13.4. The Labute approximate surface area is 105 Å². The number of benzene rings is 1. The fourth-order valence-corrected chi connectivity index (χ4v) is 2.37. The monoisotopic (exact) mass is 253 g/mol. The van der Waals surface area contributed by atoms with Crippen LogP contribution in [0.4, 0.5) is 14.7 Å². The topological polar surface area (TPSA) is 43.8 Å². The lowest BCUT2D eigenvalue weighted by Crippen LogP contribution is -2.12. The molecule has 5 heteroatoms. The molecule has 0 radical (unpaired) electrons. The molecule has 2 rings (SSSR count). The van der Waals surface area contributed by atoms with Crippen LogP contribution in [-0.4, -0.2) is 9.55 Å². The first-order valence-electron chi connectivity index (χ1n) is 6.03. The Hall–Kier alpha value is -1.65. The highest BCUT2D eigenvalue weighted by Gasteiger charge is 2.20. The zero-order valence-corrected chi connectivity index (χ0v) is 10.7. The van der Waals surface area contributed by atoms with Crippen molar-refractivity contribution in [2.45, 2.75) is 33.2 Å². The Bertz CT molecular complexity index is 575. The minimum Gasteiger partial charge on any atom is -0.369 e. The van der Waals surface area contributed by atoms with E-state index in [1.165, 1.54) is 6.07 Å². The molecular weight excluding hydrogens is 236 g/mol. The summed E-state index contributed by atoms with van der Waals surface area (Å²) in [6.45, 7) is 6.08. The van der Waals surface area contributed by atoms with Crippen molar-refractivity contribution >= 4 is 17.0 Å². The van der Waals surface area contributed by atoms with Crippen LogP contribution in [0.1, 0.15) is 33.2 Å². The average Bonchev–Trinajstić information content (AvgIpc) is 2.60. The number of nitrogens with zero attached hydrogens (tertiary/aromatic N) is 2. The zero-order chi connectivity index (χ0) is 13.4. The van der Waals surface area contributed by atoms with Gasteiger partial charge in [0.05, 0.1) is 5.52 Å². The highest BCUT2D eigenvalue weighted by molar-refractivity contribution is 5.79. The van der Waals surface area contributed by atoms with Gasteiger partial charge in [-0.25, -0.2) is 13.8 Å². The van der Waals surface area contributed by atoms with Crippen molar-refractivity contribution in [3.05, 3.63) is 23.8 Å². The van der Waals surface area contributed by atoms with Crippen molar-refractivity contribution in [1.82, 2.24) is 9.55 Å². The molecule has 1 atom stereocenters. The van der Waals surface area contributed by atoms with Crippen molar-refractivity contribution in [3.8, 4) is 0 Å². The molecule has 0 aliphatic rings. The first-order valence-corrected chi connectivity index (χ1v) is 6.03. The molecule has 0 aliphatic heterocycles. The predicted molar refractivity (Wildman–Crippen MR) is 68.2 cm³/mol. The van der Waals surface area contributed by atoms with E-state index in [1.807, 2.05) is 6.92 Å². The van der Waals surface area contributed by atoms with Gasteiger partial charge in [0.15, 0.2) is 11.6 Å². The highest BCUT2D eigenvalue weighted by atomic mass is 19.2. The Kier molecular flexibility index (Phi) is 3.24. The number of aromatic nitrogens is 2. The predicted octanol–water partition coefficient (Wildman–Crippen LogP) is 3.50. The zero-order valence-electron chi connectivity index (χ0n) is 10.7. The van der Waals surface area contributed by atoms with Crippen molar-refractivity contribution in [2.24, 2.45) is 5.92 Å². The summed E-state index contributed by atoms with van der Waals surface area (Å²) in [6, 6.07) is 2.50. The average molecular weight is 253 g/mol. The first-order chi connectivity index (χ1) is 8.41. The molecule has 0 saturated carbocycles. The minimum atomic E-state index is -0.882. The van der Waals surface area contributed by atoms with Gasteiger partial charge in [0.1, 0.15) is 5.52 Å². The number of nitrogen functional groups attached to an aromatic ring is 1. The number of fused-ring (bicyclic) bond motifs is 1. The van der Waals surface area contributed by atoms with Crippen LogP contribution in [0.25, 0.3) is 11.0 Å². The van der Waals surface area contributed by atoms with E-state index in [9.17, 15) is 8.78 Å². The quantitative estimate of drug-likeness (QED) is 0.909. The molecule has 0 bridgehead atoms. The lowest BCUT2D eigenvalue weighted by Gasteiger charge is -2.18. The van der Waals surface area contributed by atoms with Crippen LogP contribution in [0.5, 0.6) is 0 Å². The van der Waals surface area contributed by atoms with Gasteiger partial charge in [-0.15, -0.1) is 0 Å². The van der Waals surface area contributed by atoms with Gasteiger partial charge in [0.25, 0.3) is 0 Å². The summed E-state index contributed by atoms with van der Waals surface area (Å²) in [7, 11) is 0. The molecule has 0 saturated heterocycles. The van der Waals surface area contributed by atoms with Gasteiger partial charge in [-0.2, -0.15) is 0 Å². The molecular formula is C13H17F2N3. The Morgan fingerprint density at radius 1 is 1.28 bits per heavy atom. The van der Waals surface area contributed by atoms with E-state index in [1.54, 1.807) is 4.57 Å². The third-order valence-corrected chi connectivity index (χ3v) is 3.02. The molecule has 1 unspecified atom stereocenters. The molecule has 0 spiro atoms. The van der Waals surface area contributed by atoms with E-state index in [4.69, 9.17) is 5.73 Å². The minimum absolute atomic E-state index is 0.0219. The van der Waals surface area contributed by atoms with E-state index in [-0.39, 0.29) is 17.5 Å². The van der Waals surface area contributed by atoms with Gasteiger partial charge in [-0.1, -0.05) is 13.8 Å². The van der Waals surface area contributed by atoms with E-state index >= 15 is 0 Å². The van der Waals surface area contributed by atoms with Crippen LogP contribution in [0.15, 0.2) is 12.1 Å². The summed E-state index contributed by atoms with van der Waals surface area (Å²) in [6.07, 6.45) is 0.825. The molecule has 18 heavy (non-hydrogen) atoms. The highest BCUT2D eigenvalue weighted by Crippen LogP contribution is 2.29. The lowest BCUT2D eigenvalue weighted by molar-refractivity contribution is 0.433.